The van der Waals surface area contributed by atoms with E-state index < -0.39 is 0 Å². The van der Waals surface area contributed by atoms with E-state index in [2.05, 4.69) is 29.4 Å². The van der Waals surface area contributed by atoms with E-state index in [1.807, 2.05) is 46.2 Å². The molecule has 7 nitrogen and oxygen atoms in total. The van der Waals surface area contributed by atoms with Crippen molar-refractivity contribution in [1.82, 2.24) is 19.2 Å². The molecule has 0 spiro atoms. The summed E-state index contributed by atoms with van der Waals surface area (Å²) in [6.07, 6.45) is 1.64. The van der Waals surface area contributed by atoms with E-state index in [-0.39, 0.29) is 11.5 Å². The summed E-state index contributed by atoms with van der Waals surface area (Å²) in [5.41, 5.74) is 1.62. The predicted molar refractivity (Wildman–Crippen MR) is 115 cm³/mol. The molecule has 0 saturated carbocycles. The molecule has 0 aliphatic heterocycles. The molecule has 1 amide bonds. The Morgan fingerprint density at radius 3 is 2.72 bits per heavy atom. The predicted octanol–water partition coefficient (Wildman–Crippen LogP) is 3.72. The van der Waals surface area contributed by atoms with Crippen LogP contribution in [-0.2, 0) is 17.8 Å². The van der Waals surface area contributed by atoms with Gasteiger partial charge < -0.3 is 5.32 Å². The van der Waals surface area contributed by atoms with Gasteiger partial charge in [-0.05, 0) is 35.9 Å². The summed E-state index contributed by atoms with van der Waals surface area (Å²) >= 11 is 1.44. The Balaban J connectivity index is 1.56. The Labute approximate surface area is 172 Å². The number of hydrogen-bond acceptors (Lipinski definition) is 5. The number of thiophene rings is 1. The third kappa shape index (κ3) is 3.93. The topological polar surface area (TPSA) is 81.3 Å². The van der Waals surface area contributed by atoms with E-state index in [9.17, 15) is 9.59 Å². The SMILES string of the molecule is CC(C)Cn1c(=O)c2sccc2n2c(CCCC(=O)Nc3ccccc3)nnc12. The molecule has 1 N–H and O–H groups in total. The van der Waals surface area contributed by atoms with Crippen molar-refractivity contribution in [3.05, 3.63) is 58.0 Å². The molecule has 4 rings (SSSR count). The van der Waals surface area contributed by atoms with Gasteiger partial charge in [-0.3, -0.25) is 18.6 Å². The van der Waals surface area contributed by atoms with Gasteiger partial charge in [-0.25, -0.2) is 0 Å². The highest BCUT2D eigenvalue weighted by atomic mass is 32.1. The van der Waals surface area contributed by atoms with Crippen LogP contribution in [0, 0.1) is 5.92 Å². The Kier molecular flexibility index (Phi) is 5.44. The Morgan fingerprint density at radius 2 is 1.97 bits per heavy atom. The van der Waals surface area contributed by atoms with Gasteiger partial charge in [0.2, 0.25) is 11.7 Å². The van der Waals surface area contributed by atoms with Crippen LogP contribution in [0.4, 0.5) is 5.69 Å². The molecule has 1 aromatic carbocycles. The largest absolute Gasteiger partial charge is 0.326 e. The molecular weight excluding hydrogens is 386 g/mol. The number of aryl methyl sites for hydroxylation is 1. The van der Waals surface area contributed by atoms with Crippen LogP contribution in [0.3, 0.4) is 0 Å². The fourth-order valence-corrected chi connectivity index (χ4v) is 4.25. The average molecular weight is 410 g/mol. The lowest BCUT2D eigenvalue weighted by molar-refractivity contribution is -0.116. The van der Waals surface area contributed by atoms with E-state index in [0.717, 1.165) is 17.0 Å². The number of carbonyl (C=O) groups excluding carboxylic acids is 1. The number of hydrogen-bond donors (Lipinski definition) is 1. The highest BCUT2D eigenvalue weighted by molar-refractivity contribution is 7.17. The standard InChI is InChI=1S/C21H23N5O2S/c1-14(2)13-25-20(28)19-16(11-12-29-19)26-17(23-24-21(25)26)9-6-10-18(27)22-15-7-4-3-5-8-15/h3-5,7-8,11-12,14H,6,9-10,13H2,1-2H3,(H,22,27). The van der Waals surface area contributed by atoms with Crippen LogP contribution in [-0.4, -0.2) is 25.1 Å². The third-order valence-electron chi connectivity index (χ3n) is 4.69. The maximum atomic E-state index is 12.9. The number of anilines is 1. The monoisotopic (exact) mass is 409 g/mol. The fourth-order valence-electron chi connectivity index (χ4n) is 3.42. The Hall–Kier alpha value is -3.00. The van der Waals surface area contributed by atoms with E-state index in [1.54, 1.807) is 4.57 Å². The van der Waals surface area contributed by atoms with E-state index in [4.69, 9.17) is 0 Å². The van der Waals surface area contributed by atoms with E-state index in [1.165, 1.54) is 11.3 Å². The number of aromatic nitrogens is 4. The minimum atomic E-state index is -0.0255. The van der Waals surface area contributed by atoms with Crippen molar-refractivity contribution >= 4 is 38.9 Å². The second kappa shape index (κ2) is 8.16. The molecule has 3 aromatic heterocycles. The lowest BCUT2D eigenvalue weighted by atomic mass is 10.2. The highest BCUT2D eigenvalue weighted by Crippen LogP contribution is 2.21. The molecule has 0 aliphatic rings. The number of nitrogens with zero attached hydrogens (tertiary/aromatic N) is 4. The number of fused-ring (bicyclic) bond motifs is 3. The zero-order valence-corrected chi connectivity index (χ0v) is 17.3. The number of para-hydroxylation sites is 1. The molecule has 0 bridgehead atoms. The van der Waals surface area contributed by atoms with Crippen molar-refractivity contribution in [2.24, 2.45) is 5.92 Å². The summed E-state index contributed by atoms with van der Waals surface area (Å²) in [5, 5.41) is 13.5. The van der Waals surface area contributed by atoms with Crippen molar-refractivity contribution < 1.29 is 4.79 Å². The van der Waals surface area contributed by atoms with Gasteiger partial charge in [0, 0.05) is 25.1 Å². The van der Waals surface area contributed by atoms with Crippen LogP contribution in [0.15, 0.2) is 46.6 Å². The normalized spacial score (nSPS) is 11.6. The van der Waals surface area contributed by atoms with E-state index >= 15 is 0 Å². The highest BCUT2D eigenvalue weighted by Gasteiger charge is 2.18. The quantitative estimate of drug-likeness (QED) is 0.504. The Morgan fingerprint density at radius 1 is 1.17 bits per heavy atom. The summed E-state index contributed by atoms with van der Waals surface area (Å²) in [5.74, 6) is 1.63. The molecule has 8 heteroatoms. The second-order valence-corrected chi connectivity index (χ2v) is 8.38. The maximum absolute atomic E-state index is 12.9. The summed E-state index contributed by atoms with van der Waals surface area (Å²) in [4.78, 5) is 25.1. The summed E-state index contributed by atoms with van der Waals surface area (Å²) in [6.45, 7) is 4.74. The molecule has 29 heavy (non-hydrogen) atoms. The number of rotatable bonds is 7. The fraction of sp³-hybridized carbons (Fsp3) is 0.333. The minimum Gasteiger partial charge on any atom is -0.326 e. The molecular formula is C21H23N5O2S. The number of amides is 1. The average Bonchev–Trinajstić information content (AvgIpc) is 3.33. The summed E-state index contributed by atoms with van der Waals surface area (Å²) < 4.78 is 4.38. The molecule has 0 fully saturated rings. The van der Waals surface area contributed by atoms with Crippen molar-refractivity contribution in [2.75, 3.05) is 5.32 Å². The van der Waals surface area contributed by atoms with Crippen molar-refractivity contribution in [3.8, 4) is 0 Å². The van der Waals surface area contributed by atoms with Gasteiger partial charge in [0.05, 0.1) is 5.52 Å². The van der Waals surface area contributed by atoms with Gasteiger partial charge in [-0.1, -0.05) is 32.0 Å². The first-order valence-electron chi connectivity index (χ1n) is 9.73. The van der Waals surface area contributed by atoms with Crippen LogP contribution < -0.4 is 10.9 Å². The molecule has 4 aromatic rings. The van der Waals surface area contributed by atoms with Crippen molar-refractivity contribution in [3.63, 3.8) is 0 Å². The van der Waals surface area contributed by atoms with Gasteiger partial charge in [0.25, 0.3) is 5.56 Å². The molecule has 0 radical (unpaired) electrons. The van der Waals surface area contributed by atoms with Gasteiger partial charge in [0.15, 0.2) is 0 Å². The van der Waals surface area contributed by atoms with Gasteiger partial charge in [0.1, 0.15) is 10.5 Å². The van der Waals surface area contributed by atoms with Gasteiger partial charge in [-0.15, -0.1) is 21.5 Å². The minimum absolute atomic E-state index is 0.0163. The number of benzene rings is 1. The first-order chi connectivity index (χ1) is 14.0. The smallest absolute Gasteiger partial charge is 0.272 e. The summed E-state index contributed by atoms with van der Waals surface area (Å²) in [6, 6.07) is 11.4. The molecule has 0 atom stereocenters. The van der Waals surface area contributed by atoms with Crippen molar-refractivity contribution in [2.45, 2.75) is 39.7 Å². The molecule has 0 saturated heterocycles. The third-order valence-corrected chi connectivity index (χ3v) is 5.58. The van der Waals surface area contributed by atoms with Gasteiger partial charge >= 0.3 is 0 Å². The lowest BCUT2D eigenvalue weighted by Crippen LogP contribution is -2.24. The lowest BCUT2D eigenvalue weighted by Gasteiger charge is -2.11. The zero-order chi connectivity index (χ0) is 20.4. The molecule has 0 unspecified atom stereocenters. The summed E-state index contributed by atoms with van der Waals surface area (Å²) in [7, 11) is 0. The van der Waals surface area contributed by atoms with E-state index in [0.29, 0.717) is 42.2 Å². The van der Waals surface area contributed by atoms with Crippen LogP contribution in [0.2, 0.25) is 0 Å². The molecule has 3 heterocycles. The van der Waals surface area contributed by atoms with Crippen LogP contribution >= 0.6 is 11.3 Å². The first-order valence-corrected chi connectivity index (χ1v) is 10.6. The van der Waals surface area contributed by atoms with Crippen LogP contribution in [0.5, 0.6) is 0 Å². The van der Waals surface area contributed by atoms with Gasteiger partial charge in [-0.2, -0.15) is 0 Å². The second-order valence-electron chi connectivity index (χ2n) is 7.46. The maximum Gasteiger partial charge on any atom is 0.272 e. The van der Waals surface area contributed by atoms with Crippen molar-refractivity contribution in [1.29, 1.82) is 0 Å². The number of carbonyl (C=O) groups is 1. The van der Waals surface area contributed by atoms with Crippen LogP contribution in [0.1, 0.15) is 32.5 Å². The number of nitrogens with one attached hydrogen (secondary N) is 1. The molecule has 0 aliphatic carbocycles. The molecule has 150 valence electrons. The first kappa shape index (κ1) is 19.3. The Bertz CT molecular complexity index is 1210. The zero-order valence-electron chi connectivity index (χ0n) is 16.5. The van der Waals surface area contributed by atoms with Crippen LogP contribution in [0.25, 0.3) is 16.0 Å².